The van der Waals surface area contributed by atoms with Gasteiger partial charge >= 0.3 is 5.97 Å². The summed E-state index contributed by atoms with van der Waals surface area (Å²) in [5, 5.41) is 3.04. The lowest BCUT2D eigenvalue weighted by Gasteiger charge is -2.08. The third-order valence-corrected chi connectivity index (χ3v) is 3.10. The van der Waals surface area contributed by atoms with E-state index < -0.39 is 0 Å². The number of carbonyl (C=O) groups is 1. The van der Waals surface area contributed by atoms with Crippen molar-refractivity contribution in [3.05, 3.63) is 21.3 Å². The molecule has 0 aliphatic heterocycles. The average Bonchev–Trinajstić information content (AvgIpc) is 2.58. The first-order valence-corrected chi connectivity index (χ1v) is 6.42. The molecule has 0 amide bonds. The maximum atomic E-state index is 11.2. The second kappa shape index (κ2) is 6.89. The third kappa shape index (κ3) is 5.49. The molecule has 0 radical (unpaired) electrons. The van der Waals surface area contributed by atoms with Crippen molar-refractivity contribution in [2.45, 2.75) is 26.4 Å². The number of hydrogen-bond acceptors (Lipinski definition) is 4. The zero-order valence-corrected chi connectivity index (χ0v) is 11.0. The number of carbonyl (C=O) groups excluding carboxylic acids is 1. The van der Waals surface area contributed by atoms with Gasteiger partial charge in [-0.1, -0.05) is 11.6 Å². The standard InChI is InChI=1S/C11H16ClNO2S/c1-8(2)15-11(14)7-13-6-5-9-3-4-10(12)16-9/h3-4,8,13H,5-7H2,1-2H3. The van der Waals surface area contributed by atoms with Gasteiger partial charge in [-0.15, -0.1) is 11.3 Å². The lowest BCUT2D eigenvalue weighted by atomic mass is 10.3. The zero-order chi connectivity index (χ0) is 12.0. The molecule has 1 heterocycles. The maximum Gasteiger partial charge on any atom is 0.320 e. The van der Waals surface area contributed by atoms with Gasteiger partial charge in [-0.2, -0.15) is 0 Å². The van der Waals surface area contributed by atoms with Crippen LogP contribution in [0.1, 0.15) is 18.7 Å². The molecular formula is C11H16ClNO2S. The van der Waals surface area contributed by atoms with E-state index >= 15 is 0 Å². The van der Waals surface area contributed by atoms with Gasteiger partial charge in [0.2, 0.25) is 0 Å². The van der Waals surface area contributed by atoms with E-state index in [9.17, 15) is 4.79 Å². The number of ether oxygens (including phenoxy) is 1. The van der Waals surface area contributed by atoms with Crippen molar-refractivity contribution in [2.75, 3.05) is 13.1 Å². The molecule has 0 unspecified atom stereocenters. The van der Waals surface area contributed by atoms with E-state index in [1.54, 1.807) is 11.3 Å². The Labute approximate surface area is 105 Å². The molecule has 1 aromatic rings. The van der Waals surface area contributed by atoms with E-state index in [1.165, 1.54) is 4.88 Å². The summed E-state index contributed by atoms with van der Waals surface area (Å²) in [7, 11) is 0. The van der Waals surface area contributed by atoms with Crippen LogP contribution < -0.4 is 5.32 Å². The molecule has 0 bridgehead atoms. The molecule has 16 heavy (non-hydrogen) atoms. The Morgan fingerprint density at radius 1 is 1.56 bits per heavy atom. The summed E-state index contributed by atoms with van der Waals surface area (Å²) >= 11 is 7.37. The second-order valence-corrected chi connectivity index (χ2v) is 5.47. The van der Waals surface area contributed by atoms with E-state index in [-0.39, 0.29) is 18.6 Å². The molecule has 1 aromatic heterocycles. The van der Waals surface area contributed by atoms with Crippen LogP contribution in [0.3, 0.4) is 0 Å². The first-order valence-electron chi connectivity index (χ1n) is 5.22. The van der Waals surface area contributed by atoms with E-state index in [2.05, 4.69) is 5.32 Å². The lowest BCUT2D eigenvalue weighted by molar-refractivity contribution is -0.146. The van der Waals surface area contributed by atoms with Gasteiger partial charge in [-0.25, -0.2) is 0 Å². The fourth-order valence-electron chi connectivity index (χ4n) is 1.19. The van der Waals surface area contributed by atoms with Crippen molar-refractivity contribution in [1.29, 1.82) is 0 Å². The van der Waals surface area contributed by atoms with Gasteiger partial charge in [0.25, 0.3) is 0 Å². The van der Waals surface area contributed by atoms with Gasteiger partial charge in [0.1, 0.15) is 0 Å². The first kappa shape index (κ1) is 13.5. The van der Waals surface area contributed by atoms with Gasteiger partial charge in [-0.05, 0) is 32.4 Å². The van der Waals surface area contributed by atoms with Gasteiger partial charge in [0, 0.05) is 11.4 Å². The van der Waals surface area contributed by atoms with Crippen molar-refractivity contribution in [2.24, 2.45) is 0 Å². The number of hydrogen-bond donors (Lipinski definition) is 1. The fourth-order valence-corrected chi connectivity index (χ4v) is 2.28. The minimum absolute atomic E-state index is 0.0506. The van der Waals surface area contributed by atoms with Crippen LogP contribution in [0.4, 0.5) is 0 Å². The highest BCUT2D eigenvalue weighted by molar-refractivity contribution is 7.16. The Morgan fingerprint density at radius 2 is 2.31 bits per heavy atom. The number of rotatable bonds is 6. The fraction of sp³-hybridized carbons (Fsp3) is 0.545. The monoisotopic (exact) mass is 261 g/mol. The Kier molecular flexibility index (Phi) is 5.80. The Hall–Kier alpha value is -0.580. The van der Waals surface area contributed by atoms with Gasteiger partial charge in [-0.3, -0.25) is 4.79 Å². The normalized spacial score (nSPS) is 10.8. The SMILES string of the molecule is CC(C)OC(=O)CNCCc1ccc(Cl)s1. The predicted octanol–water partition coefficient (Wildman–Crippen LogP) is 2.49. The van der Waals surface area contributed by atoms with Crippen LogP contribution in [0.25, 0.3) is 0 Å². The highest BCUT2D eigenvalue weighted by Gasteiger charge is 2.04. The van der Waals surface area contributed by atoms with Crippen molar-refractivity contribution >= 4 is 28.9 Å². The molecule has 0 saturated carbocycles. The molecule has 0 fully saturated rings. The molecule has 0 spiro atoms. The summed E-state index contributed by atoms with van der Waals surface area (Å²) in [6.07, 6.45) is 0.831. The van der Waals surface area contributed by atoms with Gasteiger partial charge in [0.15, 0.2) is 0 Å². The molecule has 0 aliphatic carbocycles. The van der Waals surface area contributed by atoms with Crippen molar-refractivity contribution in [1.82, 2.24) is 5.32 Å². The maximum absolute atomic E-state index is 11.2. The summed E-state index contributed by atoms with van der Waals surface area (Å²) in [5.74, 6) is -0.209. The zero-order valence-electron chi connectivity index (χ0n) is 9.46. The molecule has 5 heteroatoms. The highest BCUT2D eigenvalue weighted by atomic mass is 35.5. The van der Waals surface area contributed by atoms with E-state index in [1.807, 2.05) is 26.0 Å². The van der Waals surface area contributed by atoms with Crippen molar-refractivity contribution in [3.63, 3.8) is 0 Å². The quantitative estimate of drug-likeness (QED) is 0.632. The Balaban J connectivity index is 2.10. The molecule has 90 valence electrons. The molecule has 0 atom stereocenters. The topological polar surface area (TPSA) is 38.3 Å². The average molecular weight is 262 g/mol. The Morgan fingerprint density at radius 3 is 2.88 bits per heavy atom. The number of halogens is 1. The molecule has 0 aliphatic rings. The largest absolute Gasteiger partial charge is 0.462 e. The Bertz CT molecular complexity index is 338. The smallest absolute Gasteiger partial charge is 0.320 e. The van der Waals surface area contributed by atoms with E-state index in [4.69, 9.17) is 16.3 Å². The number of nitrogens with one attached hydrogen (secondary N) is 1. The van der Waals surface area contributed by atoms with Crippen LogP contribution >= 0.6 is 22.9 Å². The minimum atomic E-state index is -0.209. The van der Waals surface area contributed by atoms with Crippen LogP contribution in [-0.2, 0) is 16.0 Å². The van der Waals surface area contributed by atoms with Crippen LogP contribution in [0.15, 0.2) is 12.1 Å². The highest BCUT2D eigenvalue weighted by Crippen LogP contribution is 2.21. The summed E-state index contributed by atoms with van der Waals surface area (Å²) in [6, 6.07) is 3.88. The number of thiophene rings is 1. The summed E-state index contributed by atoms with van der Waals surface area (Å²) < 4.78 is 5.79. The first-order chi connectivity index (χ1) is 7.58. The molecule has 1 N–H and O–H groups in total. The second-order valence-electron chi connectivity index (χ2n) is 3.67. The predicted molar refractivity (Wildman–Crippen MR) is 67.1 cm³/mol. The number of esters is 1. The van der Waals surface area contributed by atoms with Crippen LogP contribution in [-0.4, -0.2) is 25.2 Å². The lowest BCUT2D eigenvalue weighted by Crippen LogP contribution is -2.28. The van der Waals surface area contributed by atoms with Crippen molar-refractivity contribution < 1.29 is 9.53 Å². The molecule has 3 nitrogen and oxygen atoms in total. The summed E-state index contributed by atoms with van der Waals surface area (Å²) in [4.78, 5) is 12.4. The molecular weight excluding hydrogens is 246 g/mol. The summed E-state index contributed by atoms with van der Waals surface area (Å²) in [6.45, 7) is 4.69. The van der Waals surface area contributed by atoms with E-state index in [0.29, 0.717) is 0 Å². The van der Waals surface area contributed by atoms with Crippen LogP contribution in [0, 0.1) is 0 Å². The van der Waals surface area contributed by atoms with Crippen molar-refractivity contribution in [3.8, 4) is 0 Å². The minimum Gasteiger partial charge on any atom is -0.462 e. The molecule has 0 aromatic carbocycles. The van der Waals surface area contributed by atoms with Crippen LogP contribution in [0.2, 0.25) is 4.34 Å². The molecule has 1 rings (SSSR count). The van der Waals surface area contributed by atoms with Gasteiger partial charge in [0.05, 0.1) is 17.0 Å². The third-order valence-electron chi connectivity index (χ3n) is 1.81. The van der Waals surface area contributed by atoms with Gasteiger partial charge < -0.3 is 10.1 Å². The van der Waals surface area contributed by atoms with E-state index in [0.717, 1.165) is 17.3 Å². The molecule has 0 saturated heterocycles. The van der Waals surface area contributed by atoms with Crippen LogP contribution in [0.5, 0.6) is 0 Å². The summed E-state index contributed by atoms with van der Waals surface area (Å²) in [5.41, 5.74) is 0.